The van der Waals surface area contributed by atoms with Gasteiger partial charge < -0.3 is 15.2 Å². The summed E-state index contributed by atoms with van der Waals surface area (Å²) in [5, 5.41) is 0. The first-order valence-corrected chi connectivity index (χ1v) is 6.55. The molecule has 0 aliphatic carbocycles. The van der Waals surface area contributed by atoms with Crippen molar-refractivity contribution in [2.45, 2.75) is 0 Å². The van der Waals surface area contributed by atoms with Gasteiger partial charge in [-0.15, -0.1) is 0 Å². The Morgan fingerprint density at radius 2 is 2.00 bits per heavy atom. The molecule has 2 rings (SSSR count). The van der Waals surface area contributed by atoms with Gasteiger partial charge in [-0.3, -0.25) is 9.78 Å². The fourth-order valence-electron chi connectivity index (χ4n) is 1.81. The van der Waals surface area contributed by atoms with Crippen molar-refractivity contribution in [1.82, 2.24) is 4.98 Å². The van der Waals surface area contributed by atoms with Crippen LogP contribution in [0.5, 0.6) is 11.5 Å². The Kier molecular flexibility index (Phi) is 4.24. The van der Waals surface area contributed by atoms with Crippen LogP contribution in [0.25, 0.3) is 0 Å². The van der Waals surface area contributed by atoms with Crippen molar-refractivity contribution in [3.8, 4) is 11.5 Å². The second kappa shape index (κ2) is 5.92. The number of nitrogens with two attached hydrogens (primary N) is 1. The predicted molar refractivity (Wildman–Crippen MR) is 79.3 cm³/mol. The van der Waals surface area contributed by atoms with E-state index in [0.29, 0.717) is 27.2 Å². The van der Waals surface area contributed by atoms with Crippen molar-refractivity contribution in [2.24, 2.45) is 0 Å². The second-order valence-corrected chi connectivity index (χ2v) is 4.73. The van der Waals surface area contributed by atoms with Crippen molar-refractivity contribution >= 4 is 27.4 Å². The fraction of sp³-hybridized carbons (Fsp3) is 0.143. The lowest BCUT2D eigenvalue weighted by Gasteiger charge is -2.13. The highest BCUT2D eigenvalue weighted by Crippen LogP contribution is 2.38. The third-order valence-electron chi connectivity index (χ3n) is 2.78. The molecule has 1 aromatic heterocycles. The number of hydrogen-bond donors (Lipinski definition) is 1. The average Bonchev–Trinajstić information content (AvgIpc) is 2.46. The van der Waals surface area contributed by atoms with E-state index >= 15 is 0 Å². The minimum absolute atomic E-state index is 0.197. The number of carbonyl (C=O) groups is 1. The maximum atomic E-state index is 12.5. The van der Waals surface area contributed by atoms with Gasteiger partial charge in [-0.05, 0) is 40.2 Å². The number of ketones is 1. The van der Waals surface area contributed by atoms with E-state index in [1.54, 1.807) is 24.3 Å². The van der Waals surface area contributed by atoms with Crippen molar-refractivity contribution in [3.63, 3.8) is 0 Å². The highest BCUT2D eigenvalue weighted by atomic mass is 79.9. The minimum Gasteiger partial charge on any atom is -0.495 e. The molecule has 6 heteroatoms. The van der Waals surface area contributed by atoms with E-state index in [1.807, 2.05) is 0 Å². The summed E-state index contributed by atoms with van der Waals surface area (Å²) in [6.45, 7) is 0. The quantitative estimate of drug-likeness (QED) is 0.869. The zero-order valence-electron chi connectivity index (χ0n) is 11.0. The highest BCUT2D eigenvalue weighted by molar-refractivity contribution is 9.10. The Balaban J connectivity index is 2.56. The molecule has 2 aromatic rings. The van der Waals surface area contributed by atoms with E-state index in [-0.39, 0.29) is 11.5 Å². The SMILES string of the molecule is COc1ccc(C(=O)c2ncccc2N)c(OC)c1Br. The zero-order valence-corrected chi connectivity index (χ0v) is 12.6. The summed E-state index contributed by atoms with van der Waals surface area (Å²) >= 11 is 3.36. The number of carbonyl (C=O) groups excluding carboxylic acids is 1. The number of nitrogen functional groups attached to an aromatic ring is 1. The number of anilines is 1. The molecule has 0 aliphatic heterocycles. The lowest BCUT2D eigenvalue weighted by atomic mass is 10.1. The molecule has 0 saturated heterocycles. The highest BCUT2D eigenvalue weighted by Gasteiger charge is 2.21. The molecule has 20 heavy (non-hydrogen) atoms. The summed E-state index contributed by atoms with van der Waals surface area (Å²) < 4.78 is 11.0. The lowest BCUT2D eigenvalue weighted by Crippen LogP contribution is -2.09. The van der Waals surface area contributed by atoms with Crippen LogP contribution in [0, 0.1) is 0 Å². The van der Waals surface area contributed by atoms with Gasteiger partial charge >= 0.3 is 0 Å². The van der Waals surface area contributed by atoms with Crippen LogP contribution in [0.2, 0.25) is 0 Å². The molecule has 0 bridgehead atoms. The second-order valence-electron chi connectivity index (χ2n) is 3.93. The molecule has 5 nitrogen and oxygen atoms in total. The molecular weight excluding hydrogens is 324 g/mol. The van der Waals surface area contributed by atoms with Crippen LogP contribution in [0.4, 0.5) is 5.69 Å². The maximum absolute atomic E-state index is 12.5. The summed E-state index contributed by atoms with van der Waals surface area (Å²) in [5.41, 5.74) is 6.67. The number of ether oxygens (including phenoxy) is 2. The predicted octanol–water partition coefficient (Wildman–Crippen LogP) is 2.67. The molecule has 1 aromatic carbocycles. The number of methoxy groups -OCH3 is 2. The molecule has 104 valence electrons. The Bertz CT molecular complexity index is 659. The van der Waals surface area contributed by atoms with Crippen LogP contribution < -0.4 is 15.2 Å². The van der Waals surface area contributed by atoms with Gasteiger partial charge in [0.15, 0.2) is 0 Å². The fourth-order valence-corrected chi connectivity index (χ4v) is 2.48. The number of rotatable bonds is 4. The molecule has 1 heterocycles. The van der Waals surface area contributed by atoms with Crippen LogP contribution in [0.15, 0.2) is 34.9 Å². The summed E-state index contributed by atoms with van der Waals surface area (Å²) in [6.07, 6.45) is 1.52. The number of pyridine rings is 1. The van der Waals surface area contributed by atoms with Gasteiger partial charge in [-0.25, -0.2) is 0 Å². The Morgan fingerprint density at radius 3 is 2.60 bits per heavy atom. The Morgan fingerprint density at radius 1 is 1.25 bits per heavy atom. The summed E-state index contributed by atoms with van der Waals surface area (Å²) in [6, 6.07) is 6.61. The molecule has 0 spiro atoms. The van der Waals surface area contributed by atoms with E-state index < -0.39 is 0 Å². The Labute approximate surface area is 124 Å². The molecule has 0 unspecified atom stereocenters. The normalized spacial score (nSPS) is 10.2. The molecule has 0 aliphatic rings. The van der Waals surface area contributed by atoms with Crippen molar-refractivity contribution in [3.05, 3.63) is 46.2 Å². The van der Waals surface area contributed by atoms with E-state index in [0.717, 1.165) is 0 Å². The van der Waals surface area contributed by atoms with Crippen LogP contribution in [-0.2, 0) is 0 Å². The van der Waals surface area contributed by atoms with Gasteiger partial charge in [0.05, 0.1) is 25.5 Å². The molecular formula is C14H13BrN2O3. The van der Waals surface area contributed by atoms with Gasteiger partial charge in [0.2, 0.25) is 5.78 Å². The van der Waals surface area contributed by atoms with Gasteiger partial charge in [0.25, 0.3) is 0 Å². The summed E-state index contributed by atoms with van der Waals surface area (Å²) in [7, 11) is 3.02. The molecule has 2 N–H and O–H groups in total. The van der Waals surface area contributed by atoms with Crippen molar-refractivity contribution < 1.29 is 14.3 Å². The summed E-state index contributed by atoms with van der Waals surface area (Å²) in [4.78, 5) is 16.5. The van der Waals surface area contributed by atoms with Crippen molar-refractivity contribution in [2.75, 3.05) is 20.0 Å². The third-order valence-corrected chi connectivity index (χ3v) is 3.54. The third kappa shape index (κ3) is 2.46. The minimum atomic E-state index is -0.302. The van der Waals surface area contributed by atoms with Gasteiger partial charge in [-0.1, -0.05) is 0 Å². The summed E-state index contributed by atoms with van der Waals surface area (Å²) in [5.74, 6) is 0.662. The molecule has 0 saturated carbocycles. The smallest absolute Gasteiger partial charge is 0.217 e. The Hall–Kier alpha value is -2.08. The number of benzene rings is 1. The standard InChI is InChI=1S/C14H13BrN2O3/c1-19-10-6-5-8(14(20-2)11(10)15)13(18)12-9(16)4-3-7-17-12/h3-7H,16H2,1-2H3. The topological polar surface area (TPSA) is 74.4 Å². The zero-order chi connectivity index (χ0) is 14.7. The number of nitrogens with zero attached hydrogens (tertiary/aromatic N) is 1. The van der Waals surface area contributed by atoms with Gasteiger partial charge in [-0.2, -0.15) is 0 Å². The largest absolute Gasteiger partial charge is 0.495 e. The molecule has 0 amide bonds. The van der Waals surface area contributed by atoms with E-state index in [2.05, 4.69) is 20.9 Å². The maximum Gasteiger partial charge on any atom is 0.217 e. The average molecular weight is 337 g/mol. The van der Waals surface area contributed by atoms with Gasteiger partial charge in [0, 0.05) is 6.20 Å². The van der Waals surface area contributed by atoms with Crippen LogP contribution in [-0.4, -0.2) is 25.0 Å². The molecule has 0 fully saturated rings. The first-order chi connectivity index (χ1) is 9.60. The molecule has 0 atom stereocenters. The number of aromatic nitrogens is 1. The van der Waals surface area contributed by atoms with Crippen LogP contribution in [0.1, 0.15) is 16.1 Å². The van der Waals surface area contributed by atoms with Crippen molar-refractivity contribution in [1.29, 1.82) is 0 Å². The van der Waals surface area contributed by atoms with E-state index in [9.17, 15) is 4.79 Å². The monoisotopic (exact) mass is 336 g/mol. The van der Waals surface area contributed by atoms with Crippen LogP contribution >= 0.6 is 15.9 Å². The lowest BCUT2D eigenvalue weighted by molar-refractivity contribution is 0.103. The van der Waals surface area contributed by atoms with E-state index in [1.165, 1.54) is 20.4 Å². The molecule has 0 radical (unpaired) electrons. The number of halogens is 1. The van der Waals surface area contributed by atoms with Gasteiger partial charge in [0.1, 0.15) is 21.7 Å². The van der Waals surface area contributed by atoms with E-state index in [4.69, 9.17) is 15.2 Å². The van der Waals surface area contributed by atoms with Crippen LogP contribution in [0.3, 0.4) is 0 Å². The number of hydrogen-bond acceptors (Lipinski definition) is 5. The first-order valence-electron chi connectivity index (χ1n) is 5.75. The first kappa shape index (κ1) is 14.3.